The molecule has 0 amide bonds. The standard InChI is InChI=1S/C9H11N7S/c10-7(11)16-8(12)14-4-1-2-6-5(3-4)15-9(13)17-6/h1-3H,(H2,13,15)(H6,10,11,12,14,16). The van der Waals surface area contributed by atoms with E-state index in [-0.39, 0.29) is 11.9 Å². The molecule has 0 aliphatic heterocycles. The zero-order valence-electron chi connectivity index (χ0n) is 8.79. The Morgan fingerprint density at radius 2 is 2.00 bits per heavy atom. The minimum atomic E-state index is -0.134. The summed E-state index contributed by atoms with van der Waals surface area (Å²) in [4.78, 5) is 11.8. The second-order valence-electron chi connectivity index (χ2n) is 3.21. The lowest BCUT2D eigenvalue weighted by atomic mass is 10.3. The lowest BCUT2D eigenvalue weighted by Crippen LogP contribution is -2.26. The topological polar surface area (TPSA) is 142 Å². The predicted molar refractivity (Wildman–Crippen MR) is 71.1 cm³/mol. The van der Waals surface area contributed by atoms with Crippen LogP contribution in [-0.4, -0.2) is 16.9 Å². The Bertz CT molecular complexity index is 609. The van der Waals surface area contributed by atoms with Crippen molar-refractivity contribution in [1.82, 2.24) is 4.98 Å². The van der Waals surface area contributed by atoms with Gasteiger partial charge in [0.2, 0.25) is 5.96 Å². The van der Waals surface area contributed by atoms with E-state index in [2.05, 4.69) is 15.0 Å². The highest BCUT2D eigenvalue weighted by atomic mass is 32.1. The number of thiazole rings is 1. The monoisotopic (exact) mass is 249 g/mol. The Hall–Kier alpha value is -2.35. The van der Waals surface area contributed by atoms with Crippen LogP contribution in [0.1, 0.15) is 0 Å². The van der Waals surface area contributed by atoms with Crippen molar-refractivity contribution < 1.29 is 0 Å². The smallest absolute Gasteiger partial charge is 0.223 e. The Morgan fingerprint density at radius 3 is 2.71 bits per heavy atom. The third kappa shape index (κ3) is 2.61. The van der Waals surface area contributed by atoms with Crippen LogP contribution in [0.2, 0.25) is 0 Å². The van der Waals surface area contributed by atoms with Crippen molar-refractivity contribution in [2.24, 2.45) is 27.2 Å². The lowest BCUT2D eigenvalue weighted by molar-refractivity contribution is 1.38. The molecule has 1 heterocycles. The van der Waals surface area contributed by atoms with E-state index in [0.29, 0.717) is 10.8 Å². The van der Waals surface area contributed by atoms with E-state index in [1.54, 1.807) is 12.1 Å². The maximum absolute atomic E-state index is 5.60. The minimum Gasteiger partial charge on any atom is -0.375 e. The third-order valence-electron chi connectivity index (χ3n) is 1.87. The maximum atomic E-state index is 5.60. The number of nitrogens with two attached hydrogens (primary N) is 4. The molecule has 0 unspecified atom stereocenters. The van der Waals surface area contributed by atoms with Crippen LogP contribution in [0.3, 0.4) is 0 Å². The van der Waals surface area contributed by atoms with Crippen molar-refractivity contribution in [2.45, 2.75) is 0 Å². The fraction of sp³-hybridized carbons (Fsp3) is 0. The second kappa shape index (κ2) is 4.26. The fourth-order valence-corrected chi connectivity index (χ4v) is 2.01. The number of hydrogen-bond donors (Lipinski definition) is 4. The molecular formula is C9H11N7S. The molecule has 1 aromatic heterocycles. The number of guanidine groups is 2. The summed E-state index contributed by atoms with van der Waals surface area (Å²) in [5, 5.41) is 0.512. The van der Waals surface area contributed by atoms with Crippen LogP contribution in [0, 0.1) is 0 Å². The molecule has 8 heteroatoms. The molecule has 88 valence electrons. The van der Waals surface area contributed by atoms with Crippen molar-refractivity contribution in [1.29, 1.82) is 0 Å². The van der Waals surface area contributed by atoms with E-state index in [0.717, 1.165) is 10.2 Å². The Morgan fingerprint density at radius 1 is 1.24 bits per heavy atom. The van der Waals surface area contributed by atoms with Gasteiger partial charge in [-0.2, -0.15) is 4.99 Å². The van der Waals surface area contributed by atoms with Crippen LogP contribution in [0.25, 0.3) is 10.2 Å². The van der Waals surface area contributed by atoms with Gasteiger partial charge in [0.25, 0.3) is 0 Å². The van der Waals surface area contributed by atoms with Gasteiger partial charge in [-0.1, -0.05) is 11.3 Å². The van der Waals surface area contributed by atoms with Crippen molar-refractivity contribution in [3.8, 4) is 0 Å². The lowest BCUT2D eigenvalue weighted by Gasteiger charge is -1.95. The first-order chi connectivity index (χ1) is 8.04. The Kier molecular flexibility index (Phi) is 2.79. The van der Waals surface area contributed by atoms with E-state index in [1.807, 2.05) is 6.07 Å². The molecular weight excluding hydrogens is 238 g/mol. The van der Waals surface area contributed by atoms with Crippen LogP contribution in [0.15, 0.2) is 28.2 Å². The first-order valence-corrected chi connectivity index (χ1v) is 5.46. The summed E-state index contributed by atoms with van der Waals surface area (Å²) in [6, 6.07) is 5.41. The molecule has 0 spiro atoms. The van der Waals surface area contributed by atoms with Gasteiger partial charge >= 0.3 is 0 Å². The van der Waals surface area contributed by atoms with E-state index in [9.17, 15) is 0 Å². The molecule has 17 heavy (non-hydrogen) atoms. The molecule has 0 fully saturated rings. The third-order valence-corrected chi connectivity index (χ3v) is 2.74. The SMILES string of the molecule is NC(N)=NC(N)=Nc1ccc2sc(N)nc2c1. The summed E-state index contributed by atoms with van der Waals surface area (Å²) in [7, 11) is 0. The minimum absolute atomic E-state index is 0.00690. The average molecular weight is 249 g/mol. The van der Waals surface area contributed by atoms with E-state index in [1.165, 1.54) is 11.3 Å². The van der Waals surface area contributed by atoms with Crippen molar-refractivity contribution >= 4 is 44.3 Å². The molecule has 8 N–H and O–H groups in total. The number of nitrogen functional groups attached to an aromatic ring is 1. The summed E-state index contributed by atoms with van der Waals surface area (Å²) < 4.78 is 0.988. The molecule has 0 bridgehead atoms. The van der Waals surface area contributed by atoms with Crippen molar-refractivity contribution in [3.63, 3.8) is 0 Å². The van der Waals surface area contributed by atoms with Gasteiger partial charge in [-0.05, 0) is 18.2 Å². The highest BCUT2D eigenvalue weighted by Crippen LogP contribution is 2.27. The number of aliphatic imine (C=N–C) groups is 2. The molecule has 1 aromatic carbocycles. The van der Waals surface area contributed by atoms with Crippen molar-refractivity contribution in [2.75, 3.05) is 5.73 Å². The van der Waals surface area contributed by atoms with Gasteiger partial charge < -0.3 is 22.9 Å². The first-order valence-electron chi connectivity index (χ1n) is 4.64. The first kappa shape index (κ1) is 11.1. The van der Waals surface area contributed by atoms with Gasteiger partial charge in [0, 0.05) is 0 Å². The van der Waals surface area contributed by atoms with Gasteiger partial charge in [0.15, 0.2) is 11.1 Å². The number of anilines is 1. The number of benzene rings is 1. The molecule has 0 aliphatic carbocycles. The van der Waals surface area contributed by atoms with Crippen LogP contribution in [-0.2, 0) is 0 Å². The Balaban J connectivity index is 2.39. The normalized spacial score (nSPS) is 11.6. The largest absolute Gasteiger partial charge is 0.375 e. The summed E-state index contributed by atoms with van der Waals surface area (Å²) in [6.45, 7) is 0. The van der Waals surface area contributed by atoms with E-state index in [4.69, 9.17) is 22.9 Å². The number of aromatic nitrogens is 1. The summed E-state index contributed by atoms with van der Waals surface area (Å²) in [5.74, 6) is -0.141. The predicted octanol–water partition coefficient (Wildman–Crippen LogP) is 0.0981. The van der Waals surface area contributed by atoms with Crippen LogP contribution >= 0.6 is 11.3 Å². The van der Waals surface area contributed by atoms with Gasteiger partial charge in [-0.25, -0.2) is 9.98 Å². The molecule has 2 rings (SSSR count). The molecule has 0 atom stereocenters. The number of nitrogens with zero attached hydrogens (tertiary/aromatic N) is 3. The van der Waals surface area contributed by atoms with Gasteiger partial charge in [-0.3, -0.25) is 0 Å². The van der Waals surface area contributed by atoms with E-state index < -0.39 is 0 Å². The molecule has 7 nitrogen and oxygen atoms in total. The quantitative estimate of drug-likeness (QED) is 0.418. The highest BCUT2D eigenvalue weighted by Gasteiger charge is 2.01. The van der Waals surface area contributed by atoms with Gasteiger partial charge in [0.05, 0.1) is 15.9 Å². The highest BCUT2D eigenvalue weighted by molar-refractivity contribution is 7.22. The van der Waals surface area contributed by atoms with E-state index >= 15 is 0 Å². The molecule has 0 radical (unpaired) electrons. The average Bonchev–Trinajstić information content (AvgIpc) is 2.55. The van der Waals surface area contributed by atoms with Gasteiger partial charge in [0.1, 0.15) is 0 Å². The van der Waals surface area contributed by atoms with Crippen LogP contribution < -0.4 is 22.9 Å². The zero-order chi connectivity index (χ0) is 12.4. The van der Waals surface area contributed by atoms with Crippen LogP contribution in [0.4, 0.5) is 10.8 Å². The molecule has 0 aliphatic rings. The zero-order valence-corrected chi connectivity index (χ0v) is 9.61. The summed E-state index contributed by atoms with van der Waals surface area (Å²) >= 11 is 1.41. The van der Waals surface area contributed by atoms with Gasteiger partial charge in [-0.15, -0.1) is 0 Å². The molecule has 0 saturated heterocycles. The number of rotatable bonds is 1. The van der Waals surface area contributed by atoms with Crippen LogP contribution in [0.5, 0.6) is 0 Å². The second-order valence-corrected chi connectivity index (χ2v) is 4.27. The summed E-state index contributed by atoms with van der Waals surface area (Å²) in [6.07, 6.45) is 0. The fourth-order valence-electron chi connectivity index (χ4n) is 1.29. The molecule has 2 aromatic rings. The molecule has 0 saturated carbocycles. The Labute approximate surface area is 101 Å². The summed E-state index contributed by atoms with van der Waals surface area (Å²) in [5.41, 5.74) is 22.9. The number of fused-ring (bicyclic) bond motifs is 1. The van der Waals surface area contributed by atoms with Crippen molar-refractivity contribution in [3.05, 3.63) is 18.2 Å². The number of hydrogen-bond acceptors (Lipinski definition) is 4. The maximum Gasteiger partial charge on any atom is 0.223 e.